The molecule has 2 aromatic carbocycles. The van der Waals surface area contributed by atoms with E-state index >= 15 is 0 Å². The van der Waals surface area contributed by atoms with E-state index in [0.717, 1.165) is 5.56 Å². The lowest BCUT2D eigenvalue weighted by molar-refractivity contribution is -0.115. The van der Waals surface area contributed by atoms with E-state index in [9.17, 15) is 4.79 Å². The second kappa shape index (κ2) is 8.11. The minimum absolute atomic E-state index is 0.182. The molecular formula is C17H14Cl2N2OS. The number of amides is 1. The van der Waals surface area contributed by atoms with Crippen molar-refractivity contribution < 1.29 is 4.79 Å². The molecule has 118 valence electrons. The molecule has 1 amide bonds. The van der Waals surface area contributed by atoms with Crippen molar-refractivity contribution in [2.75, 3.05) is 5.32 Å². The standard InChI is InChI=1S/C17H14Cl2N2OS/c1-11-2-4-12(5-3-11)6-9-16(22)21-17(23)20-13-7-8-14(18)15(19)10-13/h2-10H,1H3,(H2,20,21,22,23). The van der Waals surface area contributed by atoms with E-state index in [1.807, 2.05) is 31.2 Å². The van der Waals surface area contributed by atoms with Gasteiger partial charge >= 0.3 is 0 Å². The lowest BCUT2D eigenvalue weighted by atomic mass is 10.1. The Kier molecular flexibility index (Phi) is 6.16. The predicted molar refractivity (Wildman–Crippen MR) is 101 cm³/mol. The summed E-state index contributed by atoms with van der Waals surface area (Å²) in [5.41, 5.74) is 2.75. The molecule has 3 nitrogen and oxygen atoms in total. The highest BCUT2D eigenvalue weighted by Gasteiger charge is 2.04. The molecule has 0 fully saturated rings. The van der Waals surface area contributed by atoms with Crippen LogP contribution in [0.2, 0.25) is 10.0 Å². The summed E-state index contributed by atoms with van der Waals surface area (Å²) in [4.78, 5) is 11.8. The number of rotatable bonds is 3. The van der Waals surface area contributed by atoms with E-state index < -0.39 is 0 Å². The normalized spacial score (nSPS) is 10.6. The molecule has 23 heavy (non-hydrogen) atoms. The van der Waals surface area contributed by atoms with Crippen LogP contribution in [0, 0.1) is 6.92 Å². The van der Waals surface area contributed by atoms with Gasteiger partial charge in [-0.3, -0.25) is 10.1 Å². The van der Waals surface area contributed by atoms with Crippen molar-refractivity contribution in [2.45, 2.75) is 6.92 Å². The number of anilines is 1. The SMILES string of the molecule is Cc1ccc(C=CC(=O)NC(=S)Nc2ccc(Cl)c(Cl)c2)cc1. The minimum Gasteiger partial charge on any atom is -0.332 e. The smallest absolute Gasteiger partial charge is 0.250 e. The highest BCUT2D eigenvalue weighted by Crippen LogP contribution is 2.24. The monoisotopic (exact) mass is 364 g/mol. The van der Waals surface area contributed by atoms with Crippen LogP contribution in [0.1, 0.15) is 11.1 Å². The van der Waals surface area contributed by atoms with Crippen molar-refractivity contribution in [1.82, 2.24) is 5.32 Å². The van der Waals surface area contributed by atoms with E-state index in [4.69, 9.17) is 35.4 Å². The molecule has 0 aliphatic heterocycles. The number of carbonyl (C=O) groups is 1. The first-order chi connectivity index (χ1) is 10.9. The van der Waals surface area contributed by atoms with Crippen LogP contribution in [0.5, 0.6) is 0 Å². The summed E-state index contributed by atoms with van der Waals surface area (Å²) in [6.45, 7) is 2.01. The molecule has 6 heteroatoms. The first-order valence-electron chi connectivity index (χ1n) is 6.76. The Balaban J connectivity index is 1.90. The predicted octanol–water partition coefficient (Wildman–Crippen LogP) is 4.83. The molecule has 0 spiro atoms. The van der Waals surface area contributed by atoms with Gasteiger partial charge in [0.1, 0.15) is 0 Å². The van der Waals surface area contributed by atoms with E-state index in [1.165, 1.54) is 11.6 Å². The van der Waals surface area contributed by atoms with Crippen LogP contribution in [0.4, 0.5) is 5.69 Å². The van der Waals surface area contributed by atoms with Crippen LogP contribution >= 0.6 is 35.4 Å². The van der Waals surface area contributed by atoms with Gasteiger partial charge in [0.15, 0.2) is 5.11 Å². The van der Waals surface area contributed by atoms with Crippen LogP contribution in [-0.2, 0) is 4.79 Å². The summed E-state index contributed by atoms with van der Waals surface area (Å²) in [5.74, 6) is -0.317. The third kappa shape index (κ3) is 5.67. The zero-order valence-electron chi connectivity index (χ0n) is 12.3. The molecule has 0 bridgehead atoms. The molecule has 0 aliphatic carbocycles. The largest absolute Gasteiger partial charge is 0.332 e. The van der Waals surface area contributed by atoms with Crippen LogP contribution in [-0.4, -0.2) is 11.0 Å². The first-order valence-corrected chi connectivity index (χ1v) is 7.92. The molecule has 0 aromatic heterocycles. The summed E-state index contributed by atoms with van der Waals surface area (Å²) in [7, 11) is 0. The van der Waals surface area contributed by atoms with E-state index in [1.54, 1.807) is 24.3 Å². The van der Waals surface area contributed by atoms with Gasteiger partial charge in [-0.1, -0.05) is 53.0 Å². The number of hydrogen-bond acceptors (Lipinski definition) is 2. The Morgan fingerprint density at radius 2 is 1.78 bits per heavy atom. The Bertz CT molecular complexity index is 758. The molecule has 2 N–H and O–H groups in total. The highest BCUT2D eigenvalue weighted by molar-refractivity contribution is 7.80. The first kappa shape index (κ1) is 17.5. The molecule has 2 aromatic rings. The topological polar surface area (TPSA) is 41.1 Å². The molecular weight excluding hydrogens is 351 g/mol. The number of hydrogen-bond donors (Lipinski definition) is 2. The Morgan fingerprint density at radius 1 is 1.09 bits per heavy atom. The van der Waals surface area contributed by atoms with Crippen molar-refractivity contribution in [3.05, 3.63) is 69.7 Å². The fourth-order valence-corrected chi connectivity index (χ4v) is 2.26. The summed E-state index contributed by atoms with van der Waals surface area (Å²) < 4.78 is 0. The van der Waals surface area contributed by atoms with Crippen LogP contribution < -0.4 is 10.6 Å². The summed E-state index contributed by atoms with van der Waals surface area (Å²) in [6.07, 6.45) is 3.14. The second-order valence-corrected chi connectivity index (χ2v) is 6.04. The van der Waals surface area contributed by atoms with Crippen LogP contribution in [0.3, 0.4) is 0 Å². The van der Waals surface area contributed by atoms with Crippen molar-refractivity contribution in [3.8, 4) is 0 Å². The molecule has 0 atom stereocenters. The summed E-state index contributed by atoms with van der Waals surface area (Å²) in [6, 6.07) is 12.8. The quantitative estimate of drug-likeness (QED) is 0.605. The maximum absolute atomic E-state index is 11.8. The van der Waals surface area contributed by atoms with Gasteiger partial charge in [-0.05, 0) is 49.0 Å². The number of benzene rings is 2. The molecule has 0 saturated heterocycles. The van der Waals surface area contributed by atoms with Crippen LogP contribution in [0.25, 0.3) is 6.08 Å². The van der Waals surface area contributed by atoms with Gasteiger partial charge in [0.2, 0.25) is 5.91 Å². The van der Waals surface area contributed by atoms with Crippen molar-refractivity contribution in [3.63, 3.8) is 0 Å². The van der Waals surface area contributed by atoms with Gasteiger partial charge in [-0.2, -0.15) is 0 Å². The molecule has 2 rings (SSSR count). The zero-order valence-corrected chi connectivity index (χ0v) is 14.6. The highest BCUT2D eigenvalue weighted by atomic mass is 35.5. The fourth-order valence-electron chi connectivity index (χ4n) is 1.74. The second-order valence-electron chi connectivity index (χ2n) is 4.82. The molecule has 0 aliphatic rings. The zero-order chi connectivity index (χ0) is 16.8. The van der Waals surface area contributed by atoms with Crippen molar-refractivity contribution in [2.24, 2.45) is 0 Å². The van der Waals surface area contributed by atoms with E-state index in [2.05, 4.69) is 10.6 Å². The van der Waals surface area contributed by atoms with E-state index in [0.29, 0.717) is 15.7 Å². The number of aryl methyl sites for hydroxylation is 1. The average molecular weight is 365 g/mol. The fraction of sp³-hybridized carbons (Fsp3) is 0.0588. The Morgan fingerprint density at radius 3 is 2.43 bits per heavy atom. The average Bonchev–Trinajstić information content (AvgIpc) is 2.50. The van der Waals surface area contributed by atoms with E-state index in [-0.39, 0.29) is 11.0 Å². The minimum atomic E-state index is -0.317. The Labute approximate surface area is 150 Å². The summed E-state index contributed by atoms with van der Waals surface area (Å²) in [5, 5.41) is 6.47. The summed E-state index contributed by atoms with van der Waals surface area (Å²) >= 11 is 16.8. The maximum atomic E-state index is 11.8. The van der Waals surface area contributed by atoms with Gasteiger partial charge in [0.25, 0.3) is 0 Å². The lowest BCUT2D eigenvalue weighted by Gasteiger charge is -2.08. The van der Waals surface area contributed by atoms with Gasteiger partial charge in [0, 0.05) is 11.8 Å². The number of carbonyl (C=O) groups excluding carboxylic acids is 1. The van der Waals surface area contributed by atoms with Gasteiger partial charge < -0.3 is 5.32 Å². The molecule has 0 heterocycles. The third-order valence-corrected chi connectivity index (χ3v) is 3.86. The number of nitrogens with one attached hydrogen (secondary N) is 2. The van der Waals surface area contributed by atoms with Gasteiger partial charge in [0.05, 0.1) is 10.0 Å². The van der Waals surface area contributed by atoms with Crippen molar-refractivity contribution >= 4 is 58.2 Å². The van der Waals surface area contributed by atoms with Gasteiger partial charge in [-0.15, -0.1) is 0 Å². The van der Waals surface area contributed by atoms with Crippen molar-refractivity contribution in [1.29, 1.82) is 0 Å². The number of halogens is 2. The van der Waals surface area contributed by atoms with Gasteiger partial charge in [-0.25, -0.2) is 0 Å². The third-order valence-electron chi connectivity index (χ3n) is 2.92. The maximum Gasteiger partial charge on any atom is 0.250 e. The number of thiocarbonyl (C=S) groups is 1. The Hall–Kier alpha value is -1.88. The molecule has 0 unspecified atom stereocenters. The molecule has 0 radical (unpaired) electrons. The lowest BCUT2D eigenvalue weighted by Crippen LogP contribution is -2.32. The molecule has 0 saturated carbocycles. The van der Waals surface area contributed by atoms with Crippen LogP contribution in [0.15, 0.2) is 48.5 Å².